The first-order valence-corrected chi connectivity index (χ1v) is 8.15. The molecule has 0 bridgehead atoms. The predicted molar refractivity (Wildman–Crippen MR) is 85.1 cm³/mol. The molecule has 0 unspecified atom stereocenters. The molecule has 0 aliphatic carbocycles. The van der Waals surface area contributed by atoms with E-state index in [0.29, 0.717) is 29.9 Å². The van der Waals surface area contributed by atoms with E-state index < -0.39 is 0 Å². The van der Waals surface area contributed by atoms with Crippen LogP contribution in [-0.2, 0) is 11.3 Å². The number of carbonyl (C=O) groups excluding carboxylic acids is 1. The van der Waals surface area contributed by atoms with Gasteiger partial charge in [-0.2, -0.15) is 11.8 Å². The summed E-state index contributed by atoms with van der Waals surface area (Å²) in [5.41, 5.74) is 2.15. The first-order valence-electron chi connectivity index (χ1n) is 6.75. The Labute approximate surface area is 127 Å². The van der Waals surface area contributed by atoms with Crippen LogP contribution in [0.3, 0.4) is 0 Å². The molecule has 0 radical (unpaired) electrons. The van der Waals surface area contributed by atoms with Crippen LogP contribution < -0.4 is 5.56 Å². The number of esters is 1. The molecule has 1 aromatic heterocycles. The SMILES string of the molecule is CCn1c(=O)c(C)nc2cc(C(=O)OCCSC)ccc21. The zero-order chi connectivity index (χ0) is 15.4. The maximum Gasteiger partial charge on any atom is 0.338 e. The lowest BCUT2D eigenvalue weighted by atomic mass is 10.2. The summed E-state index contributed by atoms with van der Waals surface area (Å²) in [6, 6.07) is 5.10. The van der Waals surface area contributed by atoms with Crippen molar-refractivity contribution >= 4 is 28.8 Å². The molecular formula is C15H18N2O3S. The predicted octanol–water partition coefficient (Wildman–Crippen LogP) is 2.24. The average molecular weight is 306 g/mol. The van der Waals surface area contributed by atoms with Crippen molar-refractivity contribution < 1.29 is 9.53 Å². The number of hydrogen-bond donors (Lipinski definition) is 0. The van der Waals surface area contributed by atoms with Crippen LogP contribution in [0.15, 0.2) is 23.0 Å². The minimum atomic E-state index is -0.361. The van der Waals surface area contributed by atoms with E-state index in [-0.39, 0.29) is 11.5 Å². The monoisotopic (exact) mass is 306 g/mol. The van der Waals surface area contributed by atoms with Crippen molar-refractivity contribution in [3.05, 3.63) is 39.8 Å². The average Bonchev–Trinajstić information content (AvgIpc) is 2.48. The minimum absolute atomic E-state index is 0.0969. The van der Waals surface area contributed by atoms with Crippen LogP contribution >= 0.6 is 11.8 Å². The molecule has 21 heavy (non-hydrogen) atoms. The molecule has 0 saturated carbocycles. The number of carbonyl (C=O) groups is 1. The first kappa shape index (κ1) is 15.6. The van der Waals surface area contributed by atoms with E-state index in [9.17, 15) is 9.59 Å². The maximum atomic E-state index is 12.0. The lowest BCUT2D eigenvalue weighted by molar-refractivity contribution is 0.0530. The van der Waals surface area contributed by atoms with Gasteiger partial charge in [-0.05, 0) is 38.3 Å². The molecule has 0 spiro atoms. The molecule has 6 heteroatoms. The summed E-state index contributed by atoms with van der Waals surface area (Å²) in [6.45, 7) is 4.54. The van der Waals surface area contributed by atoms with E-state index in [2.05, 4.69) is 4.98 Å². The smallest absolute Gasteiger partial charge is 0.338 e. The Bertz CT molecular complexity index is 725. The van der Waals surface area contributed by atoms with Gasteiger partial charge in [0.15, 0.2) is 0 Å². The Kier molecular flexibility index (Phi) is 5.01. The molecule has 0 amide bonds. The zero-order valence-electron chi connectivity index (χ0n) is 12.4. The number of hydrogen-bond acceptors (Lipinski definition) is 5. The Hall–Kier alpha value is -1.82. The standard InChI is InChI=1S/C15H18N2O3S/c1-4-17-13-6-5-11(15(19)20-7-8-21-3)9-12(13)16-10(2)14(17)18/h5-6,9H,4,7-8H2,1-3H3. The Balaban J connectivity index is 2.40. The van der Waals surface area contributed by atoms with E-state index in [1.54, 1.807) is 41.5 Å². The molecule has 0 saturated heterocycles. The van der Waals surface area contributed by atoms with Crippen molar-refractivity contribution in [1.29, 1.82) is 0 Å². The normalized spacial score (nSPS) is 10.8. The fourth-order valence-corrected chi connectivity index (χ4v) is 2.37. The van der Waals surface area contributed by atoms with Crippen molar-refractivity contribution in [3.63, 3.8) is 0 Å². The highest BCUT2D eigenvalue weighted by atomic mass is 32.2. The number of aromatic nitrogens is 2. The molecule has 2 aromatic rings. The quantitative estimate of drug-likeness (QED) is 0.626. The summed E-state index contributed by atoms with van der Waals surface area (Å²) in [5.74, 6) is 0.408. The molecule has 1 aromatic carbocycles. The molecule has 0 fully saturated rings. The number of benzene rings is 1. The van der Waals surface area contributed by atoms with Gasteiger partial charge in [0, 0.05) is 12.3 Å². The van der Waals surface area contributed by atoms with Crippen molar-refractivity contribution in [2.75, 3.05) is 18.6 Å². The fraction of sp³-hybridized carbons (Fsp3) is 0.400. The topological polar surface area (TPSA) is 61.2 Å². The van der Waals surface area contributed by atoms with Crippen LogP contribution in [0.2, 0.25) is 0 Å². The van der Waals surface area contributed by atoms with Gasteiger partial charge in [0.1, 0.15) is 12.3 Å². The van der Waals surface area contributed by atoms with Crippen LogP contribution in [0.25, 0.3) is 11.0 Å². The maximum absolute atomic E-state index is 12.0. The van der Waals surface area contributed by atoms with Crippen LogP contribution in [0, 0.1) is 6.92 Å². The lowest BCUT2D eigenvalue weighted by Crippen LogP contribution is -2.23. The van der Waals surface area contributed by atoms with Gasteiger partial charge in [0.05, 0.1) is 16.6 Å². The van der Waals surface area contributed by atoms with E-state index >= 15 is 0 Å². The molecule has 2 rings (SSSR count). The third-order valence-corrected chi connectivity index (χ3v) is 3.76. The van der Waals surface area contributed by atoms with Gasteiger partial charge in [-0.1, -0.05) is 0 Å². The number of rotatable bonds is 5. The van der Waals surface area contributed by atoms with Gasteiger partial charge in [0.2, 0.25) is 0 Å². The van der Waals surface area contributed by atoms with Crippen LogP contribution in [0.5, 0.6) is 0 Å². The minimum Gasteiger partial charge on any atom is -0.461 e. The van der Waals surface area contributed by atoms with Gasteiger partial charge in [-0.3, -0.25) is 4.79 Å². The molecule has 0 N–H and O–H groups in total. The molecule has 0 atom stereocenters. The molecule has 112 valence electrons. The summed E-state index contributed by atoms with van der Waals surface area (Å²) >= 11 is 1.62. The highest BCUT2D eigenvalue weighted by Gasteiger charge is 2.11. The lowest BCUT2D eigenvalue weighted by Gasteiger charge is -2.10. The summed E-state index contributed by atoms with van der Waals surface area (Å²) in [4.78, 5) is 28.2. The highest BCUT2D eigenvalue weighted by Crippen LogP contribution is 2.14. The highest BCUT2D eigenvalue weighted by molar-refractivity contribution is 7.98. The summed E-state index contributed by atoms with van der Waals surface area (Å²) in [6.07, 6.45) is 1.96. The number of aryl methyl sites for hydroxylation is 2. The van der Waals surface area contributed by atoms with Crippen molar-refractivity contribution in [2.24, 2.45) is 0 Å². The largest absolute Gasteiger partial charge is 0.461 e. The zero-order valence-corrected chi connectivity index (χ0v) is 13.2. The van der Waals surface area contributed by atoms with Crippen LogP contribution in [0.4, 0.5) is 0 Å². The third kappa shape index (κ3) is 3.26. The van der Waals surface area contributed by atoms with Crippen LogP contribution in [-0.4, -0.2) is 34.1 Å². The number of fused-ring (bicyclic) bond motifs is 1. The summed E-state index contributed by atoms with van der Waals surface area (Å²) in [7, 11) is 0. The summed E-state index contributed by atoms with van der Waals surface area (Å²) in [5, 5.41) is 0. The Morgan fingerprint density at radius 1 is 1.43 bits per heavy atom. The van der Waals surface area contributed by atoms with E-state index in [1.807, 2.05) is 13.2 Å². The molecule has 0 aliphatic rings. The van der Waals surface area contributed by atoms with Gasteiger partial charge < -0.3 is 9.30 Å². The van der Waals surface area contributed by atoms with Gasteiger partial charge in [-0.25, -0.2) is 9.78 Å². The second kappa shape index (κ2) is 6.76. The number of thioether (sulfide) groups is 1. The van der Waals surface area contributed by atoms with Crippen molar-refractivity contribution in [2.45, 2.75) is 20.4 Å². The Morgan fingerprint density at radius 2 is 2.19 bits per heavy atom. The van der Waals surface area contributed by atoms with Crippen molar-refractivity contribution in [1.82, 2.24) is 9.55 Å². The van der Waals surface area contributed by atoms with Crippen molar-refractivity contribution in [3.8, 4) is 0 Å². The van der Waals surface area contributed by atoms with Crippen LogP contribution in [0.1, 0.15) is 23.0 Å². The number of ether oxygens (including phenoxy) is 1. The third-order valence-electron chi connectivity index (χ3n) is 3.18. The fourth-order valence-electron chi connectivity index (χ4n) is 2.12. The van der Waals surface area contributed by atoms with Gasteiger partial charge >= 0.3 is 5.97 Å². The summed E-state index contributed by atoms with van der Waals surface area (Å²) < 4.78 is 6.83. The Morgan fingerprint density at radius 3 is 2.86 bits per heavy atom. The molecular weight excluding hydrogens is 288 g/mol. The second-order valence-electron chi connectivity index (χ2n) is 4.58. The van der Waals surface area contributed by atoms with Gasteiger partial charge in [0.25, 0.3) is 5.56 Å². The second-order valence-corrected chi connectivity index (χ2v) is 5.56. The molecule has 1 heterocycles. The number of nitrogens with zero attached hydrogens (tertiary/aromatic N) is 2. The van der Waals surface area contributed by atoms with E-state index in [0.717, 1.165) is 11.3 Å². The van der Waals surface area contributed by atoms with Gasteiger partial charge in [-0.15, -0.1) is 0 Å². The first-order chi connectivity index (χ1) is 10.1. The van der Waals surface area contributed by atoms with E-state index in [1.165, 1.54) is 0 Å². The molecule has 0 aliphatic heterocycles. The molecule has 5 nitrogen and oxygen atoms in total. The van der Waals surface area contributed by atoms with E-state index in [4.69, 9.17) is 4.74 Å².